The second-order valence-corrected chi connectivity index (χ2v) is 8.82. The van der Waals surface area contributed by atoms with Crippen LogP contribution < -0.4 is 4.74 Å². The van der Waals surface area contributed by atoms with Crippen LogP contribution in [0.1, 0.15) is 33.1 Å². The zero-order valence-electron chi connectivity index (χ0n) is 20.8. The fraction of sp³-hybridized carbons (Fsp3) is 0.172. The van der Waals surface area contributed by atoms with E-state index in [1.807, 2.05) is 24.4 Å². The summed E-state index contributed by atoms with van der Waals surface area (Å²) in [5, 5.41) is 12.1. The molecule has 0 aliphatic carbocycles. The number of nitrogens with zero attached hydrogens (tertiary/aromatic N) is 2. The zero-order chi connectivity index (χ0) is 26.8. The maximum Gasteiger partial charge on any atom is 0.337 e. The summed E-state index contributed by atoms with van der Waals surface area (Å²) in [7, 11) is 2.89. The van der Waals surface area contributed by atoms with E-state index in [1.54, 1.807) is 49.7 Å². The third-order valence-corrected chi connectivity index (χ3v) is 6.72. The number of carbonyl (C=O) groups is 3. The van der Waals surface area contributed by atoms with Gasteiger partial charge in [0.1, 0.15) is 11.5 Å². The van der Waals surface area contributed by atoms with Gasteiger partial charge >= 0.3 is 5.97 Å². The molecular weight excluding hydrogens is 486 g/mol. The second kappa shape index (κ2) is 10.2. The average Bonchev–Trinajstić information content (AvgIpc) is 3.48. The van der Waals surface area contributed by atoms with Gasteiger partial charge in [0.25, 0.3) is 11.7 Å². The maximum absolute atomic E-state index is 13.3. The minimum Gasteiger partial charge on any atom is -0.507 e. The SMILES string of the molecule is COC(=O)c1ccc(C2C(=C(O)c3cccnc3)C(=O)C(=O)N2CCc2c[nH]c3cc(OC)ccc23)cc1. The topological polar surface area (TPSA) is 122 Å². The lowest BCUT2D eigenvalue weighted by Crippen LogP contribution is -2.31. The van der Waals surface area contributed by atoms with E-state index in [2.05, 4.69) is 9.97 Å². The highest BCUT2D eigenvalue weighted by molar-refractivity contribution is 6.46. The zero-order valence-corrected chi connectivity index (χ0v) is 20.8. The van der Waals surface area contributed by atoms with E-state index in [0.717, 1.165) is 22.2 Å². The molecule has 0 saturated carbocycles. The molecule has 1 unspecified atom stereocenters. The lowest BCUT2D eigenvalue weighted by molar-refractivity contribution is -0.139. The van der Waals surface area contributed by atoms with Crippen LogP contribution in [0.15, 0.2) is 78.8 Å². The van der Waals surface area contributed by atoms with Crippen molar-refractivity contribution in [2.45, 2.75) is 12.5 Å². The number of nitrogens with one attached hydrogen (secondary N) is 1. The largest absolute Gasteiger partial charge is 0.507 e. The van der Waals surface area contributed by atoms with E-state index in [4.69, 9.17) is 9.47 Å². The first-order valence-corrected chi connectivity index (χ1v) is 11.9. The molecule has 2 aromatic carbocycles. The van der Waals surface area contributed by atoms with Gasteiger partial charge in [-0.1, -0.05) is 12.1 Å². The molecule has 1 saturated heterocycles. The van der Waals surface area contributed by atoms with Crippen LogP contribution in [-0.4, -0.2) is 58.4 Å². The summed E-state index contributed by atoms with van der Waals surface area (Å²) in [4.78, 5) is 47.2. The number of aliphatic hydroxyl groups excluding tert-OH is 1. The number of pyridine rings is 1. The Labute approximate surface area is 218 Å². The number of likely N-dealkylation sites (tertiary alicyclic amines) is 1. The Kier molecular flexibility index (Phi) is 6.66. The van der Waals surface area contributed by atoms with E-state index >= 15 is 0 Å². The van der Waals surface area contributed by atoms with Crippen molar-refractivity contribution in [2.24, 2.45) is 0 Å². The predicted molar refractivity (Wildman–Crippen MR) is 140 cm³/mol. The Bertz CT molecular complexity index is 1560. The van der Waals surface area contributed by atoms with E-state index in [0.29, 0.717) is 23.1 Å². The molecule has 0 bridgehead atoms. The molecule has 1 amide bonds. The minimum atomic E-state index is -0.854. The lowest BCUT2D eigenvalue weighted by atomic mass is 9.95. The number of esters is 1. The smallest absolute Gasteiger partial charge is 0.337 e. The van der Waals surface area contributed by atoms with Crippen molar-refractivity contribution in [3.8, 4) is 5.75 Å². The van der Waals surface area contributed by atoms with Gasteiger partial charge in [-0.25, -0.2) is 4.79 Å². The van der Waals surface area contributed by atoms with Gasteiger partial charge in [0.15, 0.2) is 0 Å². The molecule has 192 valence electrons. The van der Waals surface area contributed by atoms with Crippen LogP contribution in [0.25, 0.3) is 16.7 Å². The van der Waals surface area contributed by atoms with Crippen LogP contribution in [-0.2, 0) is 20.7 Å². The fourth-order valence-electron chi connectivity index (χ4n) is 4.78. The molecule has 9 heteroatoms. The number of benzene rings is 2. The van der Waals surface area contributed by atoms with Gasteiger partial charge in [-0.05, 0) is 53.9 Å². The van der Waals surface area contributed by atoms with E-state index in [-0.39, 0.29) is 17.9 Å². The minimum absolute atomic E-state index is 0.0301. The first-order valence-electron chi connectivity index (χ1n) is 11.9. The molecule has 38 heavy (non-hydrogen) atoms. The molecule has 1 aliphatic rings. The van der Waals surface area contributed by atoms with E-state index in [9.17, 15) is 19.5 Å². The highest BCUT2D eigenvalue weighted by atomic mass is 16.5. The number of fused-ring (bicyclic) bond motifs is 1. The molecule has 2 N–H and O–H groups in total. The van der Waals surface area contributed by atoms with Gasteiger partial charge in [0.05, 0.1) is 31.4 Å². The number of amides is 1. The van der Waals surface area contributed by atoms with Gasteiger partial charge in [0, 0.05) is 47.7 Å². The molecule has 2 aromatic heterocycles. The number of carbonyl (C=O) groups excluding carboxylic acids is 3. The first-order chi connectivity index (χ1) is 18.4. The van der Waals surface area contributed by atoms with Crippen LogP contribution in [0.2, 0.25) is 0 Å². The summed E-state index contributed by atoms with van der Waals surface area (Å²) in [5.74, 6) is -1.57. The highest BCUT2D eigenvalue weighted by Gasteiger charge is 2.46. The number of aromatic nitrogens is 2. The predicted octanol–water partition coefficient (Wildman–Crippen LogP) is 4.02. The summed E-state index contributed by atoms with van der Waals surface area (Å²) >= 11 is 0. The van der Waals surface area contributed by atoms with Gasteiger partial charge in [-0.2, -0.15) is 0 Å². The second-order valence-electron chi connectivity index (χ2n) is 8.82. The number of aliphatic hydroxyl groups is 1. The lowest BCUT2D eigenvalue weighted by Gasteiger charge is -2.25. The molecule has 5 rings (SSSR count). The Morgan fingerprint density at radius 1 is 1.08 bits per heavy atom. The molecule has 1 aliphatic heterocycles. The number of hydrogen-bond acceptors (Lipinski definition) is 7. The number of methoxy groups -OCH3 is 2. The van der Waals surface area contributed by atoms with Gasteiger partial charge < -0.3 is 24.5 Å². The summed E-state index contributed by atoms with van der Waals surface area (Å²) < 4.78 is 10.1. The van der Waals surface area contributed by atoms with Crippen LogP contribution in [0.5, 0.6) is 5.75 Å². The van der Waals surface area contributed by atoms with Gasteiger partial charge in [-0.15, -0.1) is 0 Å². The summed E-state index contributed by atoms with van der Waals surface area (Å²) in [6, 6.07) is 14.5. The van der Waals surface area contributed by atoms with Crippen molar-refractivity contribution in [3.63, 3.8) is 0 Å². The normalized spacial score (nSPS) is 16.7. The highest BCUT2D eigenvalue weighted by Crippen LogP contribution is 2.39. The standard InChI is InChI=1S/C29H25N3O6/c1-37-21-9-10-22-19(16-31-23(22)14-21)11-13-32-25(17-5-7-18(8-6-17)29(36)38-2)24(27(34)28(32)35)26(33)20-4-3-12-30-15-20/h3-10,12,14-16,25,31,33H,11,13H2,1-2H3. The Balaban J connectivity index is 1.54. The Morgan fingerprint density at radius 2 is 1.87 bits per heavy atom. The molecular formula is C29H25N3O6. The molecule has 4 aromatic rings. The van der Waals surface area contributed by atoms with Crippen molar-refractivity contribution in [1.82, 2.24) is 14.9 Å². The van der Waals surface area contributed by atoms with E-state index < -0.39 is 23.7 Å². The molecule has 1 atom stereocenters. The Morgan fingerprint density at radius 3 is 2.55 bits per heavy atom. The number of rotatable bonds is 7. The number of ether oxygens (including phenoxy) is 2. The fourth-order valence-corrected chi connectivity index (χ4v) is 4.78. The Hall–Kier alpha value is -4.92. The maximum atomic E-state index is 13.3. The monoisotopic (exact) mass is 511 g/mol. The van der Waals surface area contributed by atoms with Crippen molar-refractivity contribution in [2.75, 3.05) is 20.8 Å². The van der Waals surface area contributed by atoms with Crippen LogP contribution in [0.4, 0.5) is 0 Å². The summed E-state index contributed by atoms with van der Waals surface area (Å²) in [6.45, 7) is 0.219. The van der Waals surface area contributed by atoms with Crippen molar-refractivity contribution in [1.29, 1.82) is 0 Å². The van der Waals surface area contributed by atoms with Gasteiger partial charge in [0.2, 0.25) is 0 Å². The number of aromatic amines is 1. The van der Waals surface area contributed by atoms with Crippen LogP contribution >= 0.6 is 0 Å². The third kappa shape index (κ3) is 4.39. The number of hydrogen-bond donors (Lipinski definition) is 2. The number of ketones is 1. The summed E-state index contributed by atoms with van der Waals surface area (Å²) in [6.07, 6.45) is 5.31. The van der Waals surface area contributed by atoms with Gasteiger partial charge in [-0.3, -0.25) is 14.6 Å². The quantitative estimate of drug-likeness (QED) is 0.166. The third-order valence-electron chi connectivity index (χ3n) is 6.72. The van der Waals surface area contributed by atoms with Crippen LogP contribution in [0, 0.1) is 0 Å². The van der Waals surface area contributed by atoms with E-state index in [1.165, 1.54) is 18.2 Å². The number of H-pyrrole nitrogens is 1. The summed E-state index contributed by atoms with van der Waals surface area (Å²) in [5.41, 5.74) is 3.06. The van der Waals surface area contributed by atoms with Crippen molar-refractivity contribution < 1.29 is 29.0 Å². The molecule has 1 fully saturated rings. The molecule has 0 spiro atoms. The number of Topliss-reactive ketones (excluding diaryl/α,β-unsaturated/α-hetero) is 1. The first kappa shape index (κ1) is 24.8. The molecule has 9 nitrogen and oxygen atoms in total. The molecule has 0 radical (unpaired) electrons. The molecule has 3 heterocycles. The van der Waals surface area contributed by atoms with Crippen molar-refractivity contribution >= 4 is 34.3 Å². The van der Waals surface area contributed by atoms with Crippen LogP contribution in [0.3, 0.4) is 0 Å². The average molecular weight is 512 g/mol. The van der Waals surface area contributed by atoms with Crippen molar-refractivity contribution in [3.05, 3.63) is 101 Å².